The highest BCUT2D eigenvalue weighted by Crippen LogP contribution is 2.32. The van der Waals surface area contributed by atoms with Crippen LogP contribution in [-0.4, -0.2) is 151 Å². The summed E-state index contributed by atoms with van der Waals surface area (Å²) in [6, 6.07) is 20.0. The maximum absolute atomic E-state index is 14.0. The van der Waals surface area contributed by atoms with Crippen molar-refractivity contribution in [3.63, 3.8) is 0 Å². The molecule has 18 heteroatoms. The lowest BCUT2D eigenvalue weighted by atomic mass is 9.83. The van der Waals surface area contributed by atoms with E-state index in [4.69, 9.17) is 28.8 Å². The summed E-state index contributed by atoms with van der Waals surface area (Å²) in [6.07, 6.45) is 10.8. The van der Waals surface area contributed by atoms with Crippen LogP contribution in [-0.2, 0) is 71.9 Å². The highest BCUT2D eigenvalue weighted by molar-refractivity contribution is 5.93. The highest BCUT2D eigenvalue weighted by atomic mass is 16.5. The summed E-state index contributed by atoms with van der Waals surface area (Å²) in [6.45, 7) is 2.36. The van der Waals surface area contributed by atoms with Crippen molar-refractivity contribution in [2.75, 3.05) is 53.7 Å². The van der Waals surface area contributed by atoms with Gasteiger partial charge in [-0.05, 0) is 91.3 Å². The van der Waals surface area contributed by atoms with E-state index in [-0.39, 0.29) is 91.7 Å². The summed E-state index contributed by atoms with van der Waals surface area (Å²) in [7, 11) is 2.61. The maximum Gasteiger partial charge on any atom is 0.328 e. The molecule has 0 aromatic heterocycles. The maximum atomic E-state index is 14.0. The first-order chi connectivity index (χ1) is 36.4. The Balaban J connectivity index is 0.000000248. The van der Waals surface area contributed by atoms with Crippen molar-refractivity contribution >= 4 is 35.6 Å². The molecule has 2 heterocycles. The zero-order valence-electron chi connectivity index (χ0n) is 43.6. The summed E-state index contributed by atoms with van der Waals surface area (Å²) >= 11 is 0. The van der Waals surface area contributed by atoms with Crippen molar-refractivity contribution in [3.8, 4) is 11.5 Å². The molecule has 2 aliphatic carbocycles. The van der Waals surface area contributed by atoms with E-state index in [1.54, 1.807) is 36.4 Å². The van der Waals surface area contributed by atoms with Crippen LogP contribution >= 0.6 is 0 Å². The minimum atomic E-state index is -0.773. The third kappa shape index (κ3) is 18.0. The summed E-state index contributed by atoms with van der Waals surface area (Å²) < 4.78 is 27.6. The van der Waals surface area contributed by atoms with E-state index in [9.17, 15) is 39.0 Å². The minimum Gasteiger partial charge on any atom is -0.508 e. The fourth-order valence-corrected chi connectivity index (χ4v) is 10.7. The van der Waals surface area contributed by atoms with Crippen LogP contribution in [0.3, 0.4) is 0 Å². The molecule has 4 amide bonds. The van der Waals surface area contributed by atoms with Crippen molar-refractivity contribution in [1.82, 2.24) is 20.4 Å². The molecule has 2 saturated carbocycles. The molecule has 6 atom stereocenters. The van der Waals surface area contributed by atoms with E-state index in [1.807, 2.05) is 30.3 Å². The number of amides is 4. The molecule has 3 aromatic rings. The van der Waals surface area contributed by atoms with Crippen LogP contribution in [0.1, 0.15) is 107 Å². The fraction of sp³-hybridized carbons (Fsp3) is 0.579. The molecule has 2 aliphatic heterocycles. The Morgan fingerprint density at radius 2 is 1.01 bits per heavy atom. The molecule has 4 fully saturated rings. The normalized spacial score (nSPS) is 20.8. The van der Waals surface area contributed by atoms with Gasteiger partial charge in [0.15, 0.2) is 0 Å². The number of nitrogens with zero attached hydrogens (tertiary/aromatic N) is 2. The van der Waals surface area contributed by atoms with Crippen molar-refractivity contribution < 1.29 is 67.8 Å². The zero-order chi connectivity index (χ0) is 53.5. The van der Waals surface area contributed by atoms with Crippen LogP contribution in [0.2, 0.25) is 0 Å². The SMILES string of the molecule is COC(=O)[C@@H]1C[C@@H](OCCCO)CN1C(=O)[C@@H](NC(=O)Cc1cccc(O)c1)C1CCCCC1.COC(=O)[C@@H]1C[C@@H](OCCCOCc2ccccc2)CN1C(=O)[C@@H](NC(=O)Cc1cccc(O)c1)C1CCCCC1. The van der Waals surface area contributed by atoms with Crippen LogP contribution in [0.25, 0.3) is 0 Å². The van der Waals surface area contributed by atoms with Gasteiger partial charge in [-0.25, -0.2) is 9.59 Å². The van der Waals surface area contributed by atoms with E-state index in [2.05, 4.69) is 10.6 Å². The van der Waals surface area contributed by atoms with Gasteiger partial charge in [0, 0.05) is 52.4 Å². The Hall–Kier alpha value is -6.08. The molecule has 4 aliphatic rings. The van der Waals surface area contributed by atoms with E-state index in [0.717, 1.165) is 69.8 Å². The van der Waals surface area contributed by atoms with Crippen LogP contribution < -0.4 is 10.6 Å². The minimum absolute atomic E-state index is 0.00473. The number of ether oxygens (including phenoxy) is 5. The number of carbonyl (C=O) groups is 6. The lowest BCUT2D eigenvalue weighted by Crippen LogP contribution is -2.55. The Morgan fingerprint density at radius 3 is 1.44 bits per heavy atom. The average molecular weight is 1040 g/mol. The van der Waals surface area contributed by atoms with Gasteiger partial charge in [0.05, 0.1) is 45.9 Å². The summed E-state index contributed by atoms with van der Waals surface area (Å²) in [5.41, 5.74) is 2.42. The van der Waals surface area contributed by atoms with Crippen LogP contribution in [0.5, 0.6) is 11.5 Å². The van der Waals surface area contributed by atoms with Gasteiger partial charge in [0.25, 0.3) is 0 Å². The third-order valence-electron chi connectivity index (χ3n) is 14.6. The Bertz CT molecular complexity index is 2290. The van der Waals surface area contributed by atoms with Gasteiger partial charge in [0.2, 0.25) is 23.6 Å². The third-order valence-corrected chi connectivity index (χ3v) is 14.6. The monoisotopic (exact) mass is 1040 g/mol. The standard InChI is InChI=1S/C32H42N2O7.C25H36N2O7/c1-39-32(38)28-20-27(41-17-9-16-40-22-23-10-4-2-5-11-23)21-34(28)31(37)30(25-13-6-3-7-14-25)33-29(36)19-24-12-8-15-26(35)18-24;1-33-25(32)21-15-20(34-12-6-11-28)16-27(21)24(31)23(18-8-3-2-4-9-18)26-22(30)14-17-7-5-10-19(29)13-17/h2,4-5,8,10-12,15,18,25,27-28,30,35H,3,6-7,9,13-14,16-17,19-22H2,1H3,(H,33,36);5,7,10,13,18,20-21,23,28-29H,2-4,6,8-9,11-12,14-16H2,1H3,(H,26,30)/t27-,28+,30+;20-,21+,23+/m11/s1. The highest BCUT2D eigenvalue weighted by Gasteiger charge is 2.46. The van der Waals surface area contributed by atoms with Gasteiger partial charge in [-0.15, -0.1) is 0 Å². The number of likely N-dealkylation sites (tertiary alicyclic amines) is 2. The molecule has 75 heavy (non-hydrogen) atoms. The van der Waals surface area contributed by atoms with E-state index in [0.29, 0.717) is 63.2 Å². The second-order valence-electron chi connectivity index (χ2n) is 20.1. The quantitative estimate of drug-likeness (QED) is 0.0598. The number of carbonyl (C=O) groups excluding carboxylic acids is 6. The number of esters is 2. The number of hydrogen-bond acceptors (Lipinski definition) is 14. The summed E-state index contributed by atoms with van der Waals surface area (Å²) in [5.74, 6) is -2.01. The molecule has 2 saturated heterocycles. The topological polar surface area (TPSA) is 240 Å². The number of nitrogens with one attached hydrogen (secondary N) is 2. The van der Waals surface area contributed by atoms with Gasteiger partial charge in [-0.1, -0.05) is 93.1 Å². The number of aliphatic hydroxyl groups is 1. The molecule has 0 bridgehead atoms. The molecular formula is C57H78N4O14. The predicted molar refractivity (Wildman–Crippen MR) is 277 cm³/mol. The van der Waals surface area contributed by atoms with Crippen LogP contribution in [0.15, 0.2) is 78.9 Å². The predicted octanol–water partition coefficient (Wildman–Crippen LogP) is 5.31. The van der Waals surface area contributed by atoms with Crippen molar-refractivity contribution in [3.05, 3.63) is 95.6 Å². The van der Waals surface area contributed by atoms with Crippen molar-refractivity contribution in [2.45, 2.75) is 146 Å². The molecule has 7 rings (SSSR count). The van der Waals surface area contributed by atoms with Crippen molar-refractivity contribution in [1.29, 1.82) is 0 Å². The molecule has 18 nitrogen and oxygen atoms in total. The summed E-state index contributed by atoms with van der Waals surface area (Å²) in [4.78, 5) is 81.9. The largest absolute Gasteiger partial charge is 0.508 e. The molecule has 5 N–H and O–H groups in total. The van der Waals surface area contributed by atoms with Gasteiger partial charge < -0.3 is 59.4 Å². The number of methoxy groups -OCH3 is 2. The van der Waals surface area contributed by atoms with Crippen molar-refractivity contribution in [2.24, 2.45) is 11.8 Å². The molecule has 0 radical (unpaired) electrons. The van der Waals surface area contributed by atoms with Crippen LogP contribution in [0.4, 0.5) is 0 Å². The number of benzene rings is 3. The van der Waals surface area contributed by atoms with Gasteiger partial charge in [-0.3, -0.25) is 19.2 Å². The Labute approximate surface area is 440 Å². The van der Waals surface area contributed by atoms with Crippen LogP contribution in [0, 0.1) is 11.8 Å². The van der Waals surface area contributed by atoms with Gasteiger partial charge >= 0.3 is 11.9 Å². The number of hydrogen-bond donors (Lipinski definition) is 5. The van der Waals surface area contributed by atoms with E-state index < -0.39 is 36.1 Å². The molecule has 0 unspecified atom stereocenters. The fourth-order valence-electron chi connectivity index (χ4n) is 10.7. The van der Waals surface area contributed by atoms with Gasteiger partial charge in [0.1, 0.15) is 35.7 Å². The van der Waals surface area contributed by atoms with E-state index in [1.165, 1.54) is 36.2 Å². The number of rotatable bonds is 23. The average Bonchev–Trinajstić information content (AvgIpc) is 4.06. The molecule has 3 aromatic carbocycles. The Morgan fingerprint density at radius 1 is 0.573 bits per heavy atom. The first-order valence-electron chi connectivity index (χ1n) is 26.7. The summed E-state index contributed by atoms with van der Waals surface area (Å²) in [5, 5.41) is 34.4. The second-order valence-corrected chi connectivity index (χ2v) is 20.1. The molecule has 0 spiro atoms. The smallest absolute Gasteiger partial charge is 0.328 e. The first kappa shape index (κ1) is 58.2. The molecular weight excluding hydrogens is 965 g/mol. The molecule has 410 valence electrons. The number of aliphatic hydroxyl groups excluding tert-OH is 1. The lowest BCUT2D eigenvalue weighted by Gasteiger charge is -2.34. The van der Waals surface area contributed by atoms with Gasteiger partial charge in [-0.2, -0.15) is 0 Å². The first-order valence-corrected chi connectivity index (χ1v) is 26.7. The number of aromatic hydroxyl groups is 2. The zero-order valence-corrected chi connectivity index (χ0v) is 43.6. The number of phenols is 2. The van der Waals surface area contributed by atoms with E-state index >= 15 is 0 Å². The second kappa shape index (κ2) is 30.5. The Kier molecular flexibility index (Phi) is 23.6. The number of phenolic OH excluding ortho intramolecular Hbond substituents is 2. The lowest BCUT2D eigenvalue weighted by molar-refractivity contribution is -0.152.